The minimum atomic E-state index is -1.32. The standard InChI is InChI=1S/C14H18FNO5/c1-9(13(17)16-7-4-8-20-2)21-12-10(14(18)19)5-3-6-11(12)15/h3,5-6,9H,4,7-8H2,1-2H3,(H,16,17)(H,18,19). The van der Waals surface area contributed by atoms with Gasteiger partial charge in [-0.05, 0) is 25.5 Å². The fraction of sp³-hybridized carbons (Fsp3) is 0.429. The van der Waals surface area contributed by atoms with E-state index in [2.05, 4.69) is 5.32 Å². The van der Waals surface area contributed by atoms with Crippen molar-refractivity contribution in [3.05, 3.63) is 29.6 Å². The number of nitrogens with one attached hydrogen (secondary N) is 1. The first kappa shape index (κ1) is 16.9. The first-order valence-electron chi connectivity index (χ1n) is 6.42. The molecule has 0 aliphatic carbocycles. The largest absolute Gasteiger partial charge is 0.478 e. The van der Waals surface area contributed by atoms with Crippen molar-refractivity contribution in [2.45, 2.75) is 19.4 Å². The highest BCUT2D eigenvalue weighted by atomic mass is 19.1. The molecule has 0 aliphatic rings. The van der Waals surface area contributed by atoms with Gasteiger partial charge < -0.3 is 19.9 Å². The number of carboxylic acid groups (broad SMARTS) is 1. The van der Waals surface area contributed by atoms with Crippen molar-refractivity contribution in [3.63, 3.8) is 0 Å². The van der Waals surface area contributed by atoms with Crippen LogP contribution in [0.2, 0.25) is 0 Å². The number of benzene rings is 1. The van der Waals surface area contributed by atoms with Crippen LogP contribution in [0.1, 0.15) is 23.7 Å². The van der Waals surface area contributed by atoms with Gasteiger partial charge in [0.15, 0.2) is 17.7 Å². The molecule has 1 unspecified atom stereocenters. The van der Waals surface area contributed by atoms with Gasteiger partial charge in [0.25, 0.3) is 5.91 Å². The van der Waals surface area contributed by atoms with Crippen molar-refractivity contribution >= 4 is 11.9 Å². The Morgan fingerprint density at radius 1 is 1.43 bits per heavy atom. The summed E-state index contributed by atoms with van der Waals surface area (Å²) in [5.74, 6) is -3.04. The van der Waals surface area contributed by atoms with E-state index in [4.69, 9.17) is 14.6 Å². The molecule has 0 fully saturated rings. The molecule has 0 radical (unpaired) electrons. The van der Waals surface area contributed by atoms with E-state index >= 15 is 0 Å². The monoisotopic (exact) mass is 299 g/mol. The minimum absolute atomic E-state index is 0.325. The molecule has 0 spiro atoms. The summed E-state index contributed by atoms with van der Waals surface area (Å²) < 4.78 is 23.6. The SMILES string of the molecule is COCCCNC(=O)C(C)Oc1c(F)cccc1C(=O)O. The maximum absolute atomic E-state index is 13.7. The van der Waals surface area contributed by atoms with Gasteiger partial charge in [0, 0.05) is 20.3 Å². The average Bonchev–Trinajstić information content (AvgIpc) is 2.45. The first-order chi connectivity index (χ1) is 9.97. The Morgan fingerprint density at radius 2 is 2.14 bits per heavy atom. The number of methoxy groups -OCH3 is 1. The lowest BCUT2D eigenvalue weighted by Crippen LogP contribution is -2.37. The Morgan fingerprint density at radius 3 is 2.76 bits per heavy atom. The van der Waals surface area contributed by atoms with E-state index in [0.717, 1.165) is 6.07 Å². The molecule has 2 N–H and O–H groups in total. The van der Waals surface area contributed by atoms with Crippen molar-refractivity contribution in [2.75, 3.05) is 20.3 Å². The molecule has 1 rings (SSSR count). The average molecular weight is 299 g/mol. The molecule has 0 aromatic heterocycles. The van der Waals surface area contributed by atoms with Gasteiger partial charge in [0.2, 0.25) is 0 Å². The zero-order valence-electron chi connectivity index (χ0n) is 11.9. The van der Waals surface area contributed by atoms with Crippen LogP contribution in [0.3, 0.4) is 0 Å². The number of ether oxygens (including phenoxy) is 2. The summed E-state index contributed by atoms with van der Waals surface area (Å²) in [4.78, 5) is 22.8. The van der Waals surface area contributed by atoms with Gasteiger partial charge in [-0.25, -0.2) is 9.18 Å². The Bertz CT molecular complexity index is 506. The van der Waals surface area contributed by atoms with Crippen LogP contribution in [0.15, 0.2) is 18.2 Å². The fourth-order valence-electron chi connectivity index (χ4n) is 1.60. The Labute approximate surface area is 121 Å². The van der Waals surface area contributed by atoms with Crippen LogP contribution in [0.4, 0.5) is 4.39 Å². The third kappa shape index (κ3) is 5.03. The minimum Gasteiger partial charge on any atom is -0.478 e. The first-order valence-corrected chi connectivity index (χ1v) is 6.42. The van der Waals surface area contributed by atoms with E-state index in [1.165, 1.54) is 19.1 Å². The van der Waals surface area contributed by atoms with E-state index in [1.807, 2.05) is 0 Å². The highest BCUT2D eigenvalue weighted by Gasteiger charge is 2.21. The van der Waals surface area contributed by atoms with Crippen LogP contribution in [-0.2, 0) is 9.53 Å². The van der Waals surface area contributed by atoms with Crippen molar-refractivity contribution in [1.82, 2.24) is 5.32 Å². The van der Waals surface area contributed by atoms with Crippen LogP contribution in [0, 0.1) is 5.82 Å². The van der Waals surface area contributed by atoms with E-state index < -0.39 is 29.5 Å². The summed E-state index contributed by atoms with van der Waals surface area (Å²) in [5.41, 5.74) is -0.325. The smallest absolute Gasteiger partial charge is 0.339 e. The van der Waals surface area contributed by atoms with Crippen molar-refractivity contribution in [2.24, 2.45) is 0 Å². The number of para-hydroxylation sites is 1. The Kier molecular flexibility index (Phi) is 6.61. The number of halogens is 1. The number of carboxylic acids is 1. The summed E-state index contributed by atoms with van der Waals surface area (Å²) in [5, 5.41) is 11.6. The molecule has 116 valence electrons. The molecule has 0 saturated carbocycles. The lowest BCUT2D eigenvalue weighted by atomic mass is 10.2. The molecule has 0 saturated heterocycles. The van der Waals surface area contributed by atoms with E-state index in [1.54, 1.807) is 7.11 Å². The highest BCUT2D eigenvalue weighted by Crippen LogP contribution is 2.23. The Balaban J connectivity index is 2.68. The van der Waals surface area contributed by atoms with Crippen molar-refractivity contribution in [1.29, 1.82) is 0 Å². The number of amides is 1. The van der Waals surface area contributed by atoms with Crippen molar-refractivity contribution < 1.29 is 28.6 Å². The molecule has 6 nitrogen and oxygen atoms in total. The second-order valence-electron chi connectivity index (χ2n) is 4.32. The maximum Gasteiger partial charge on any atom is 0.339 e. The normalized spacial score (nSPS) is 11.8. The lowest BCUT2D eigenvalue weighted by molar-refractivity contribution is -0.127. The van der Waals surface area contributed by atoms with Crippen LogP contribution >= 0.6 is 0 Å². The number of hydrogen-bond acceptors (Lipinski definition) is 4. The zero-order chi connectivity index (χ0) is 15.8. The fourth-order valence-corrected chi connectivity index (χ4v) is 1.60. The Hall–Kier alpha value is -2.15. The summed E-state index contributed by atoms with van der Waals surface area (Å²) in [7, 11) is 1.55. The maximum atomic E-state index is 13.7. The van der Waals surface area contributed by atoms with Crippen LogP contribution in [0.5, 0.6) is 5.75 Å². The molecule has 1 aromatic rings. The topological polar surface area (TPSA) is 84.9 Å². The van der Waals surface area contributed by atoms with Gasteiger partial charge in [-0.3, -0.25) is 4.79 Å². The van der Waals surface area contributed by atoms with Gasteiger partial charge in [0.1, 0.15) is 5.56 Å². The third-order valence-corrected chi connectivity index (χ3v) is 2.69. The summed E-state index contributed by atoms with van der Waals surface area (Å²) in [6.07, 6.45) is -0.378. The molecule has 0 aliphatic heterocycles. The van der Waals surface area contributed by atoms with Gasteiger partial charge in [-0.15, -0.1) is 0 Å². The van der Waals surface area contributed by atoms with Crippen molar-refractivity contribution in [3.8, 4) is 5.75 Å². The highest BCUT2D eigenvalue weighted by molar-refractivity contribution is 5.91. The predicted molar refractivity (Wildman–Crippen MR) is 73.0 cm³/mol. The molecular weight excluding hydrogens is 281 g/mol. The summed E-state index contributed by atoms with van der Waals surface area (Å²) >= 11 is 0. The quantitative estimate of drug-likeness (QED) is 0.710. The molecule has 1 amide bonds. The van der Waals surface area contributed by atoms with Crippen LogP contribution in [-0.4, -0.2) is 43.3 Å². The number of carbonyl (C=O) groups is 2. The van der Waals surface area contributed by atoms with E-state index in [0.29, 0.717) is 19.6 Å². The third-order valence-electron chi connectivity index (χ3n) is 2.69. The molecule has 1 atom stereocenters. The number of carbonyl (C=O) groups excluding carboxylic acids is 1. The lowest BCUT2D eigenvalue weighted by Gasteiger charge is -2.16. The second-order valence-corrected chi connectivity index (χ2v) is 4.32. The number of hydrogen-bond donors (Lipinski definition) is 2. The van der Waals surface area contributed by atoms with Gasteiger partial charge >= 0.3 is 5.97 Å². The van der Waals surface area contributed by atoms with Gasteiger partial charge in [-0.1, -0.05) is 6.07 Å². The number of aromatic carboxylic acids is 1. The predicted octanol–water partition coefficient (Wildman–Crippen LogP) is 1.44. The molecule has 0 heterocycles. The van der Waals surface area contributed by atoms with Gasteiger partial charge in [0.05, 0.1) is 0 Å². The summed E-state index contributed by atoms with van der Waals surface area (Å²) in [6.45, 7) is 2.32. The zero-order valence-corrected chi connectivity index (χ0v) is 11.9. The molecule has 0 bridgehead atoms. The number of rotatable bonds is 8. The summed E-state index contributed by atoms with van der Waals surface area (Å²) in [6, 6.07) is 3.55. The van der Waals surface area contributed by atoms with Gasteiger partial charge in [-0.2, -0.15) is 0 Å². The molecule has 1 aromatic carbocycles. The molecule has 7 heteroatoms. The molecular formula is C14H18FNO5. The molecule has 21 heavy (non-hydrogen) atoms. The van der Waals surface area contributed by atoms with Crippen LogP contribution < -0.4 is 10.1 Å². The second kappa shape index (κ2) is 8.21. The van der Waals surface area contributed by atoms with Crippen LogP contribution in [0.25, 0.3) is 0 Å². The van der Waals surface area contributed by atoms with E-state index in [9.17, 15) is 14.0 Å². The van der Waals surface area contributed by atoms with E-state index in [-0.39, 0.29) is 5.56 Å².